The predicted molar refractivity (Wildman–Crippen MR) is 538 cm³/mol. The molecule has 0 bridgehead atoms. The first-order valence-electron chi connectivity index (χ1n) is 42.4. The van der Waals surface area contributed by atoms with Crippen molar-refractivity contribution >= 4 is 209 Å². The lowest BCUT2D eigenvalue weighted by molar-refractivity contribution is -0.385. The first-order chi connectivity index (χ1) is 62.8. The number of alkyl halides is 5. The number of aryl methyl sites for hydroxylation is 5. The number of carboxylic acids is 2. The van der Waals surface area contributed by atoms with Crippen molar-refractivity contribution < 1.29 is 117 Å². The summed E-state index contributed by atoms with van der Waals surface area (Å²) in [6.45, 7) is 38.0. The molecule has 0 unspecified atom stereocenters. The quantitative estimate of drug-likeness (QED) is 0.00254. The van der Waals surface area contributed by atoms with Gasteiger partial charge in [0.2, 0.25) is 23.6 Å². The van der Waals surface area contributed by atoms with Gasteiger partial charge in [0.05, 0.1) is 77.7 Å². The molecule has 5 aromatic rings. The highest BCUT2D eigenvalue weighted by atomic mass is 35.5. The van der Waals surface area contributed by atoms with Crippen LogP contribution in [-0.4, -0.2) is 254 Å². The molecule has 21 N–H and O–H groups in total. The number of nitrogen functional groups attached to an aromatic ring is 2. The van der Waals surface area contributed by atoms with E-state index < -0.39 is 157 Å². The first kappa shape index (κ1) is 130. The number of benzene rings is 5. The molecule has 5 rings (SSSR count). The average Bonchev–Trinajstić information content (AvgIpc) is 0.829. The first-order valence-corrected chi connectivity index (χ1v) is 45.1. The Bertz CT molecular complexity index is 4600. The SMILES string of the molecule is CB(O)N[C@H](CC(=O)OC(C)(C)C)C(=O)Nc1cc(N(CCCl)CCCl)ccc1C.CB(O)N[C@H](CC(=O)OC(C)(C)C)C(=O)Nc1cc(N)ccc1C.CB(O)N[C@H](CC(=O)OC(C)(C)C)C(=O)Nc1cc([N+](=O)[O-])ccc1C.CB(O)N[C@H](CC(=O)OC(C)(C)C)C(=O)O.CO.Cc1ccc(N(CCCl)CCCl)cc1NC(=O)[C@H](N)CC(=O)O.Cc1ccc([N+](=O)[O-])cc1N.O=CCCl. The minimum Gasteiger partial charge on any atom is -0.481 e. The van der Waals surface area contributed by atoms with Gasteiger partial charge in [0.15, 0.2) is 0 Å². The molecule has 4 amide bonds. The Kier molecular flexibility index (Phi) is 63.4. The standard InChI is InChI=1S/C20H32BCl2N3O4.C16H24BN3O6.C16H26BN3O4.C15H21Cl2N3O3.C9H18BNO5.C7H8N2O2.C2H3ClO.CH4O/c1-14-6-7-15(26(10-8-22)11-9-23)12-16(14)24-19(28)17(25-21(5)29)13-18(27)30-20(2,3)4;1-10-6-7-11(20(24)25)8-12(10)18-15(22)13(19-17(5)23)9-14(21)26-16(2,3)4;1-10-6-7-11(18)8-12(10)19-15(22)13(20-17(5)23)9-14(21)24-16(2,3)4;1-10-2-3-11(20(6-4-16)7-5-17)8-13(10)19-15(23)12(18)9-14(21)22;1-9(2,3)16-7(12)5-6(8(13)14)11-10(4)15;1-5-2-3-6(9(10)11)4-7(5)8;3-1-2-4;1-2/h6-7,12,17,25,29H,8-11,13H2,1-5H3,(H,24,28);6-8,13,19,23H,9H2,1-5H3,(H,18,22);6-8,13,20,23H,9,18H2,1-5H3,(H,19,22);2-3,8,12H,4-7,9,18H2,1H3,(H,19,23)(H,21,22);6,11,15H,5H2,1-4H3,(H,13,14);2-4H,8H2,1H3;2H,1H2;2H,1H3/t17-;2*13-;12-;6-;;;/m11111.../s1. The van der Waals surface area contributed by atoms with E-state index in [-0.39, 0.29) is 48.6 Å². The van der Waals surface area contributed by atoms with E-state index in [1.165, 1.54) is 57.6 Å². The molecule has 0 aliphatic rings. The number of aliphatic hydroxyl groups excluding tert-OH is 1. The van der Waals surface area contributed by atoms with Crippen molar-refractivity contribution in [1.82, 2.24) is 20.9 Å². The van der Waals surface area contributed by atoms with Crippen LogP contribution >= 0.6 is 58.0 Å². The summed E-state index contributed by atoms with van der Waals surface area (Å²) in [6, 6.07) is 19.7. The van der Waals surface area contributed by atoms with E-state index in [2.05, 4.69) is 42.2 Å². The van der Waals surface area contributed by atoms with Gasteiger partial charge in [-0.25, -0.2) is 0 Å². The molecule has 0 heterocycles. The van der Waals surface area contributed by atoms with Gasteiger partial charge in [-0.2, -0.15) is 0 Å². The zero-order valence-electron chi connectivity index (χ0n) is 81.1. The Labute approximate surface area is 821 Å². The molecule has 50 heteroatoms. The third kappa shape index (κ3) is 60.4. The molecule has 0 aliphatic carbocycles. The smallest absolute Gasteiger partial charge is 0.374 e. The number of carbonyl (C=O) groups excluding carboxylic acids is 9. The van der Waals surface area contributed by atoms with Crippen LogP contribution in [0.5, 0.6) is 0 Å². The normalized spacial score (nSPS) is 11.8. The van der Waals surface area contributed by atoms with Crippen molar-refractivity contribution in [2.45, 2.75) is 230 Å². The molecule has 5 atom stereocenters. The Morgan fingerprint density at radius 2 is 0.676 bits per heavy atom. The Morgan fingerprint density at radius 1 is 0.419 bits per heavy atom. The number of nitrogens with two attached hydrogens (primary N) is 3. The number of anilines is 8. The summed E-state index contributed by atoms with van der Waals surface area (Å²) in [5.74, 6) is -4.73. The topological polar surface area (TPSA) is 633 Å². The minimum atomic E-state index is -1.20. The summed E-state index contributed by atoms with van der Waals surface area (Å²) in [5.41, 5.74) is 22.7. The lowest BCUT2D eigenvalue weighted by Crippen LogP contribution is -2.48. The van der Waals surface area contributed by atoms with E-state index in [1.807, 2.05) is 60.9 Å². The maximum absolute atomic E-state index is 12.9. The summed E-state index contributed by atoms with van der Waals surface area (Å²) in [7, 11) is -2.97. The Hall–Kier alpha value is -10.2. The predicted octanol–water partition coefficient (Wildman–Crippen LogP) is 9.38. The van der Waals surface area contributed by atoms with Gasteiger partial charge in [0, 0.05) is 121 Å². The number of aldehydes is 1. The van der Waals surface area contributed by atoms with Crippen LogP contribution in [0.15, 0.2) is 91.0 Å². The highest BCUT2D eigenvalue weighted by Gasteiger charge is 2.33. The number of non-ortho nitro benzene ring substituents is 2. The number of ether oxygens (including phenoxy) is 4. The van der Waals surface area contributed by atoms with E-state index in [1.54, 1.807) is 127 Å². The second kappa shape index (κ2) is 66.3. The molecule has 0 spiro atoms. The monoisotopic (exact) mass is 2010 g/mol. The number of hydrogen-bond acceptors (Lipinski definition) is 33. The third-order valence-corrected chi connectivity index (χ3v) is 17.6. The average molecular weight is 2020 g/mol. The molecular formula is C86H136B4Cl5N15O26. The number of amides is 4. The largest absolute Gasteiger partial charge is 0.481 e. The molecule has 0 aliphatic heterocycles. The van der Waals surface area contributed by atoms with Crippen molar-refractivity contribution in [1.29, 1.82) is 0 Å². The van der Waals surface area contributed by atoms with Crippen LogP contribution in [0.25, 0.3) is 0 Å². The number of carboxylic acid groups (broad SMARTS) is 2. The molecule has 0 fully saturated rings. The van der Waals surface area contributed by atoms with Crippen LogP contribution in [0.4, 0.5) is 56.9 Å². The highest BCUT2D eigenvalue weighted by molar-refractivity contribution is 6.47. The minimum absolute atomic E-state index is 0.0353. The fourth-order valence-corrected chi connectivity index (χ4v) is 11.7. The zero-order valence-corrected chi connectivity index (χ0v) is 84.9. The maximum Gasteiger partial charge on any atom is 0.374 e. The van der Waals surface area contributed by atoms with Crippen LogP contribution in [0, 0.1) is 54.8 Å². The number of nitrogens with one attached hydrogen (secondary N) is 8. The number of rotatable bonds is 40. The van der Waals surface area contributed by atoms with Crippen molar-refractivity contribution in [2.24, 2.45) is 5.73 Å². The van der Waals surface area contributed by atoms with Crippen molar-refractivity contribution in [3.63, 3.8) is 0 Å². The Morgan fingerprint density at radius 3 is 0.941 bits per heavy atom. The molecular weight excluding hydrogens is 1880 g/mol. The molecule has 41 nitrogen and oxygen atoms in total. The number of hydrogen-bond donors (Lipinski definition) is 18. The molecule has 5 aromatic carbocycles. The van der Waals surface area contributed by atoms with Crippen LogP contribution in [-0.2, 0) is 71.7 Å². The second-order valence-corrected chi connectivity index (χ2v) is 35.7. The summed E-state index contributed by atoms with van der Waals surface area (Å²) in [6.07, 6.45) is -0.817. The van der Waals surface area contributed by atoms with E-state index in [4.69, 9.17) is 119 Å². The van der Waals surface area contributed by atoms with Crippen LogP contribution in [0.3, 0.4) is 0 Å². The number of nitro benzene ring substituents is 2. The summed E-state index contributed by atoms with van der Waals surface area (Å²) in [4.78, 5) is 152. The molecule has 0 aromatic heterocycles. The van der Waals surface area contributed by atoms with Crippen LogP contribution < -0.4 is 69.2 Å². The summed E-state index contributed by atoms with van der Waals surface area (Å²) in [5, 5.41) is 104. The van der Waals surface area contributed by atoms with Gasteiger partial charge in [-0.1, -0.05) is 30.3 Å². The van der Waals surface area contributed by atoms with E-state index >= 15 is 0 Å². The van der Waals surface area contributed by atoms with E-state index in [0.29, 0.717) is 90.0 Å². The van der Waals surface area contributed by atoms with Crippen molar-refractivity contribution in [3.05, 3.63) is 139 Å². The van der Waals surface area contributed by atoms with Crippen molar-refractivity contribution in [2.75, 3.05) is 105 Å². The van der Waals surface area contributed by atoms with Gasteiger partial charge in [0.1, 0.15) is 34.7 Å². The highest BCUT2D eigenvalue weighted by Crippen LogP contribution is 2.29. The number of carbonyl (C=O) groups is 11. The van der Waals surface area contributed by atoms with Gasteiger partial charge in [-0.15, -0.1) is 58.0 Å². The maximum atomic E-state index is 12.9. The van der Waals surface area contributed by atoms with Gasteiger partial charge >= 0.3 is 64.0 Å². The lowest BCUT2D eigenvalue weighted by Gasteiger charge is -2.25. The second-order valence-electron chi connectivity index (χ2n) is 33.9. The number of halogens is 5. The lowest BCUT2D eigenvalue weighted by atomic mass is 9.86. The number of aliphatic hydroxyl groups is 1. The fourth-order valence-electron chi connectivity index (χ4n) is 10.8. The van der Waals surface area contributed by atoms with E-state index in [9.17, 15) is 83.2 Å². The number of esters is 4. The molecule has 0 radical (unpaired) electrons. The fraction of sp³-hybridized carbons (Fsp3) is 0.523. The number of aliphatic carboxylic acids is 2. The number of nitro groups is 2. The zero-order chi connectivity index (χ0) is 106. The number of nitrogens with zero attached hydrogens (tertiary/aromatic N) is 4. The van der Waals surface area contributed by atoms with Crippen LogP contribution in [0.2, 0.25) is 27.3 Å². The van der Waals surface area contributed by atoms with Gasteiger partial charge in [-0.3, -0.25) is 68.2 Å². The van der Waals surface area contributed by atoms with Gasteiger partial charge < -0.3 is 128 Å². The van der Waals surface area contributed by atoms with Gasteiger partial charge in [-0.05, 0) is 209 Å². The van der Waals surface area contributed by atoms with Crippen LogP contribution in [0.1, 0.15) is 143 Å². The summed E-state index contributed by atoms with van der Waals surface area (Å²) >= 11 is 28.2. The van der Waals surface area contributed by atoms with E-state index in [0.717, 1.165) is 40.7 Å². The molecule has 136 heavy (non-hydrogen) atoms. The molecule has 0 saturated carbocycles. The third-order valence-electron chi connectivity index (χ3n) is 16.8. The molecule has 0 saturated heterocycles. The van der Waals surface area contributed by atoms with Crippen molar-refractivity contribution in [3.8, 4) is 0 Å². The Balaban J connectivity index is -0.00000157. The molecule has 758 valence electrons. The summed E-state index contributed by atoms with van der Waals surface area (Å²) < 4.78 is 20.7. The van der Waals surface area contributed by atoms with Gasteiger partial charge in [0.25, 0.3) is 11.4 Å².